The second kappa shape index (κ2) is 6.82. The number of hydrogen-bond acceptors (Lipinski definition) is 2. The lowest BCUT2D eigenvalue weighted by atomic mass is 10.2. The number of benzene rings is 1. The summed E-state index contributed by atoms with van der Waals surface area (Å²) >= 11 is 0. The third-order valence-corrected chi connectivity index (χ3v) is 1.76. The summed E-state index contributed by atoms with van der Waals surface area (Å²) in [6, 6.07) is 9.32. The van der Waals surface area contributed by atoms with Crippen LogP contribution in [0.2, 0.25) is 0 Å². The van der Waals surface area contributed by atoms with Crippen molar-refractivity contribution in [2.45, 2.75) is 26.3 Å². The third-order valence-electron chi connectivity index (χ3n) is 1.76. The Labute approximate surface area is 93.4 Å². The fourth-order valence-corrected chi connectivity index (χ4v) is 1.02. The van der Waals surface area contributed by atoms with Crippen molar-refractivity contribution in [2.24, 2.45) is 0 Å². The zero-order valence-electron chi connectivity index (χ0n) is 10.7. The van der Waals surface area contributed by atoms with Crippen molar-refractivity contribution in [3.8, 4) is 0 Å². The minimum atomic E-state index is -1.05. The molecule has 0 aliphatic heterocycles. The van der Waals surface area contributed by atoms with Crippen LogP contribution in [0.15, 0.2) is 42.5 Å². The van der Waals surface area contributed by atoms with Crippen molar-refractivity contribution in [3.63, 3.8) is 0 Å². The molecule has 0 spiro atoms. The highest BCUT2D eigenvalue weighted by molar-refractivity contribution is 5.71. The Hall–Kier alpha value is -1.57. The number of esters is 1. The summed E-state index contributed by atoms with van der Waals surface area (Å²) in [6.07, 6.45) is 1.42. The van der Waals surface area contributed by atoms with Crippen LogP contribution in [-0.4, -0.2) is 5.97 Å². The van der Waals surface area contributed by atoms with Gasteiger partial charge in [-0.25, -0.2) is 0 Å². The van der Waals surface area contributed by atoms with Crippen LogP contribution in [0.1, 0.15) is 28.0 Å². The van der Waals surface area contributed by atoms with Gasteiger partial charge in [0.15, 0.2) is 0 Å². The fraction of sp³-hybridized carbons (Fsp3) is 0.308. The first-order valence-corrected chi connectivity index (χ1v) is 4.83. The fourth-order valence-electron chi connectivity index (χ4n) is 1.02. The SMILES string of the molecule is [2H]C(C)/C=C/C([2H])C(=O)OCc1ccccc1. The van der Waals surface area contributed by atoms with Gasteiger partial charge in [-0.1, -0.05) is 49.4 Å². The van der Waals surface area contributed by atoms with E-state index in [9.17, 15) is 4.79 Å². The molecule has 0 aliphatic carbocycles. The zero-order chi connectivity index (χ0) is 12.7. The topological polar surface area (TPSA) is 26.3 Å². The summed E-state index contributed by atoms with van der Waals surface area (Å²) in [4.78, 5) is 11.4. The smallest absolute Gasteiger partial charge is 0.309 e. The molecule has 0 amide bonds. The van der Waals surface area contributed by atoms with E-state index in [4.69, 9.17) is 7.48 Å². The van der Waals surface area contributed by atoms with Crippen molar-refractivity contribution in [1.82, 2.24) is 0 Å². The van der Waals surface area contributed by atoms with E-state index in [1.807, 2.05) is 30.3 Å². The quantitative estimate of drug-likeness (QED) is 0.546. The summed E-state index contributed by atoms with van der Waals surface area (Å²) in [5.74, 6) is -0.592. The van der Waals surface area contributed by atoms with E-state index in [2.05, 4.69) is 0 Å². The Morgan fingerprint density at radius 3 is 2.80 bits per heavy atom. The van der Waals surface area contributed by atoms with Crippen molar-refractivity contribution >= 4 is 5.97 Å². The van der Waals surface area contributed by atoms with Crippen molar-refractivity contribution in [1.29, 1.82) is 0 Å². The molecule has 0 heterocycles. The van der Waals surface area contributed by atoms with Gasteiger partial charge in [-0.05, 0) is 12.0 Å². The average Bonchev–Trinajstić information content (AvgIpc) is 2.34. The van der Waals surface area contributed by atoms with Gasteiger partial charge in [0.1, 0.15) is 6.61 Å². The number of allylic oxidation sites excluding steroid dienone is 1. The first-order valence-electron chi connectivity index (χ1n) is 5.98. The number of ether oxygens (including phenoxy) is 1. The zero-order valence-corrected chi connectivity index (χ0v) is 8.72. The minimum absolute atomic E-state index is 0.180. The second-order valence-electron chi connectivity index (χ2n) is 2.98. The van der Waals surface area contributed by atoms with Crippen LogP contribution >= 0.6 is 0 Å². The molecule has 2 heteroatoms. The van der Waals surface area contributed by atoms with Gasteiger partial charge in [0, 0.05) is 2.74 Å². The van der Waals surface area contributed by atoms with Crippen LogP contribution in [0.4, 0.5) is 0 Å². The van der Waals surface area contributed by atoms with E-state index in [-0.39, 0.29) is 6.61 Å². The number of rotatable bonds is 5. The van der Waals surface area contributed by atoms with E-state index in [1.54, 1.807) is 6.92 Å². The van der Waals surface area contributed by atoms with Gasteiger partial charge in [-0.3, -0.25) is 4.79 Å². The van der Waals surface area contributed by atoms with E-state index >= 15 is 0 Å². The maximum absolute atomic E-state index is 11.4. The molecule has 2 unspecified atom stereocenters. The van der Waals surface area contributed by atoms with E-state index in [0.29, 0.717) is 0 Å². The Balaban J connectivity index is 2.39. The summed E-state index contributed by atoms with van der Waals surface area (Å²) < 4.78 is 19.7. The average molecular weight is 206 g/mol. The second-order valence-corrected chi connectivity index (χ2v) is 2.98. The van der Waals surface area contributed by atoms with Crippen LogP contribution in [0.3, 0.4) is 0 Å². The standard InChI is InChI=1S/C13H16O2/c1-2-3-5-10-13(14)15-11-12-8-6-4-7-9-12/h3-9H,2,10-11H2,1H3/b5-3+/i2D,10D. The molecule has 1 rings (SSSR count). The van der Waals surface area contributed by atoms with Crippen LogP contribution in [0, 0.1) is 0 Å². The monoisotopic (exact) mass is 206 g/mol. The highest BCUT2D eigenvalue weighted by Gasteiger charge is 1.99. The Bertz CT molecular complexity index is 374. The molecular weight excluding hydrogens is 188 g/mol. The summed E-state index contributed by atoms with van der Waals surface area (Å²) in [5, 5.41) is 0. The maximum Gasteiger partial charge on any atom is 0.309 e. The van der Waals surface area contributed by atoms with Gasteiger partial charge >= 0.3 is 5.97 Å². The third kappa shape index (κ3) is 5.01. The molecule has 0 bridgehead atoms. The number of carbonyl (C=O) groups excluding carboxylic acids is 1. The lowest BCUT2D eigenvalue weighted by Crippen LogP contribution is -2.02. The molecule has 1 aromatic carbocycles. The van der Waals surface area contributed by atoms with Crippen molar-refractivity contribution in [2.75, 3.05) is 0 Å². The molecule has 0 N–H and O–H groups in total. The molecule has 80 valence electrons. The van der Waals surface area contributed by atoms with Crippen LogP contribution < -0.4 is 0 Å². The van der Waals surface area contributed by atoms with Gasteiger partial charge in [0.05, 0.1) is 6.40 Å². The highest BCUT2D eigenvalue weighted by atomic mass is 16.5. The predicted molar refractivity (Wildman–Crippen MR) is 60.3 cm³/mol. The highest BCUT2D eigenvalue weighted by Crippen LogP contribution is 2.01. The van der Waals surface area contributed by atoms with Gasteiger partial charge in [0.25, 0.3) is 0 Å². The summed E-state index contributed by atoms with van der Waals surface area (Å²) in [7, 11) is 0. The first-order chi connectivity index (χ1) is 8.09. The molecule has 1 aromatic rings. The molecule has 0 radical (unpaired) electrons. The molecule has 2 atom stereocenters. The molecule has 0 aliphatic rings. The first kappa shape index (κ1) is 8.72. The Kier molecular flexibility index (Phi) is 3.96. The number of carbonyl (C=O) groups is 1. The van der Waals surface area contributed by atoms with E-state index in [1.165, 1.54) is 12.2 Å². The summed E-state index contributed by atoms with van der Waals surface area (Å²) in [5.41, 5.74) is 0.894. The Morgan fingerprint density at radius 2 is 2.13 bits per heavy atom. The molecule has 2 nitrogen and oxygen atoms in total. The van der Waals surface area contributed by atoms with E-state index < -0.39 is 18.8 Å². The van der Waals surface area contributed by atoms with E-state index in [0.717, 1.165) is 5.56 Å². The number of hydrogen-bond donors (Lipinski definition) is 0. The van der Waals surface area contributed by atoms with Gasteiger partial charge in [-0.15, -0.1) is 0 Å². The predicted octanol–water partition coefficient (Wildman–Crippen LogP) is 3.09. The van der Waals surface area contributed by atoms with Crippen molar-refractivity contribution < 1.29 is 12.3 Å². The lowest BCUT2D eigenvalue weighted by molar-refractivity contribution is -0.143. The Morgan fingerprint density at radius 1 is 1.40 bits per heavy atom. The molecule has 0 saturated heterocycles. The normalized spacial score (nSPS) is 16.6. The molecule has 0 aromatic heterocycles. The van der Waals surface area contributed by atoms with Crippen molar-refractivity contribution in [3.05, 3.63) is 48.0 Å². The van der Waals surface area contributed by atoms with Gasteiger partial charge < -0.3 is 4.74 Å². The molecular formula is C13H16O2. The minimum Gasteiger partial charge on any atom is -0.461 e. The summed E-state index contributed by atoms with van der Waals surface area (Å²) in [6.45, 7) is 1.85. The molecule has 0 saturated carbocycles. The largest absolute Gasteiger partial charge is 0.461 e. The molecule has 15 heavy (non-hydrogen) atoms. The van der Waals surface area contributed by atoms with Gasteiger partial charge in [-0.2, -0.15) is 0 Å². The van der Waals surface area contributed by atoms with Crippen LogP contribution in [0.5, 0.6) is 0 Å². The van der Waals surface area contributed by atoms with Gasteiger partial charge in [0.2, 0.25) is 0 Å². The van der Waals surface area contributed by atoms with Crippen LogP contribution in [0.25, 0.3) is 0 Å². The lowest BCUT2D eigenvalue weighted by Gasteiger charge is -2.02. The van der Waals surface area contributed by atoms with Crippen LogP contribution in [-0.2, 0) is 16.1 Å². The molecule has 0 fully saturated rings. The maximum atomic E-state index is 11.4.